The van der Waals surface area contributed by atoms with Crippen LogP contribution in [0.3, 0.4) is 0 Å². The molecule has 0 spiro atoms. The summed E-state index contributed by atoms with van der Waals surface area (Å²) in [4.78, 5) is 29.3. The highest BCUT2D eigenvalue weighted by molar-refractivity contribution is 7.09. The normalized spacial score (nSPS) is 24.9. The predicted octanol–water partition coefficient (Wildman–Crippen LogP) is 6.96. The van der Waals surface area contributed by atoms with Gasteiger partial charge in [0.15, 0.2) is 0 Å². The molecule has 0 unspecified atom stereocenters. The van der Waals surface area contributed by atoms with E-state index in [2.05, 4.69) is 25.1 Å². The van der Waals surface area contributed by atoms with Crippen LogP contribution in [0.5, 0.6) is 5.75 Å². The molecule has 5 nitrogen and oxygen atoms in total. The number of aromatic hydroxyl groups is 1. The standard InChI is InChI=1S/C32H30ClNO4S/c1-19-14-25-30(32(37)34(31(25)36)17-24-8-5-13-39-24)26-18-38-28(29(19)26)12-10-21(20-6-3-2-4-7-20)15-22-9-11-23(35)16-27(22)33/h2-9,11,13,15-16,25-26,28,30,35H,10,12,14,17-18H2,1H3/b21-15-/t25-,26+,28-,30-/m1/s1. The summed E-state index contributed by atoms with van der Waals surface area (Å²) < 4.78 is 6.36. The molecule has 2 fully saturated rings. The molecule has 6 rings (SSSR count). The third kappa shape index (κ3) is 4.97. The molecule has 200 valence electrons. The average Bonchev–Trinajstić information content (AvgIpc) is 3.65. The van der Waals surface area contributed by atoms with Gasteiger partial charge in [-0.1, -0.05) is 53.6 Å². The molecule has 3 heterocycles. The molecule has 2 aliphatic heterocycles. The van der Waals surface area contributed by atoms with Gasteiger partial charge < -0.3 is 9.84 Å². The maximum Gasteiger partial charge on any atom is 0.234 e. The summed E-state index contributed by atoms with van der Waals surface area (Å²) in [6.07, 6.45) is 4.11. The predicted molar refractivity (Wildman–Crippen MR) is 154 cm³/mol. The fraction of sp³-hybridized carbons (Fsp3) is 0.312. The minimum atomic E-state index is -0.332. The van der Waals surface area contributed by atoms with Crippen molar-refractivity contribution in [3.63, 3.8) is 0 Å². The number of carbonyl (C=O) groups excluding carboxylic acids is 2. The first-order valence-corrected chi connectivity index (χ1v) is 14.6. The van der Waals surface area contributed by atoms with Crippen molar-refractivity contribution >= 4 is 46.4 Å². The highest BCUT2D eigenvalue weighted by Gasteiger charge is 2.56. The van der Waals surface area contributed by atoms with E-state index in [1.807, 2.05) is 41.8 Å². The van der Waals surface area contributed by atoms with E-state index in [4.69, 9.17) is 16.3 Å². The van der Waals surface area contributed by atoms with Crippen molar-refractivity contribution in [2.75, 3.05) is 6.61 Å². The maximum absolute atomic E-state index is 13.5. The van der Waals surface area contributed by atoms with Crippen molar-refractivity contribution in [1.29, 1.82) is 0 Å². The second kappa shape index (κ2) is 10.8. The van der Waals surface area contributed by atoms with Gasteiger partial charge in [-0.3, -0.25) is 14.5 Å². The van der Waals surface area contributed by atoms with Crippen LogP contribution in [0, 0.1) is 17.8 Å². The number of carbonyl (C=O) groups is 2. The summed E-state index contributed by atoms with van der Waals surface area (Å²) in [5.74, 6) is -0.624. The van der Waals surface area contributed by atoms with Gasteiger partial charge in [0, 0.05) is 10.8 Å². The molecule has 1 aromatic heterocycles. The van der Waals surface area contributed by atoms with Crippen LogP contribution < -0.4 is 0 Å². The number of amides is 2. The number of allylic oxidation sites excluding steroid dienone is 2. The summed E-state index contributed by atoms with van der Waals surface area (Å²) in [5, 5.41) is 12.2. The summed E-state index contributed by atoms with van der Waals surface area (Å²) in [7, 11) is 0. The number of nitrogens with zero attached hydrogens (tertiary/aromatic N) is 1. The molecule has 0 saturated carbocycles. The van der Waals surface area contributed by atoms with Gasteiger partial charge in [0.2, 0.25) is 11.8 Å². The summed E-state index contributed by atoms with van der Waals surface area (Å²) in [6, 6.07) is 19.1. The van der Waals surface area contributed by atoms with Crippen LogP contribution in [0.1, 0.15) is 42.2 Å². The highest BCUT2D eigenvalue weighted by atomic mass is 35.5. The Balaban J connectivity index is 1.23. The molecule has 0 bridgehead atoms. The molecule has 7 heteroatoms. The van der Waals surface area contributed by atoms with Crippen molar-refractivity contribution in [1.82, 2.24) is 4.90 Å². The summed E-state index contributed by atoms with van der Waals surface area (Å²) in [5.41, 5.74) is 5.47. The van der Waals surface area contributed by atoms with Gasteiger partial charge in [0.1, 0.15) is 5.75 Å². The van der Waals surface area contributed by atoms with Crippen molar-refractivity contribution in [2.45, 2.75) is 38.8 Å². The number of hydrogen-bond acceptors (Lipinski definition) is 5. The van der Waals surface area contributed by atoms with Crippen LogP contribution in [0.15, 0.2) is 77.2 Å². The second-order valence-electron chi connectivity index (χ2n) is 10.6. The molecule has 3 aliphatic rings. The Hall–Kier alpha value is -3.19. The Bertz CT molecular complexity index is 1460. The first-order valence-electron chi connectivity index (χ1n) is 13.3. The van der Waals surface area contributed by atoms with Crippen LogP contribution >= 0.6 is 22.9 Å². The van der Waals surface area contributed by atoms with E-state index in [-0.39, 0.29) is 41.4 Å². The molecule has 1 N–H and O–H groups in total. The number of phenols is 1. The first kappa shape index (κ1) is 26.1. The van der Waals surface area contributed by atoms with Gasteiger partial charge >= 0.3 is 0 Å². The Morgan fingerprint density at radius 1 is 1.10 bits per heavy atom. The van der Waals surface area contributed by atoms with E-state index in [0.717, 1.165) is 34.4 Å². The lowest BCUT2D eigenvalue weighted by molar-refractivity contribution is -0.140. The van der Waals surface area contributed by atoms with Gasteiger partial charge in [-0.15, -0.1) is 11.3 Å². The molecular weight excluding hydrogens is 530 g/mol. The van der Waals surface area contributed by atoms with Crippen LogP contribution in [-0.4, -0.2) is 34.5 Å². The molecule has 3 aromatic rings. The van der Waals surface area contributed by atoms with Crippen molar-refractivity contribution in [3.8, 4) is 5.75 Å². The molecule has 2 saturated heterocycles. The topological polar surface area (TPSA) is 66.8 Å². The van der Waals surface area contributed by atoms with E-state index in [1.165, 1.54) is 16.0 Å². The smallest absolute Gasteiger partial charge is 0.234 e. The molecule has 0 radical (unpaired) electrons. The van der Waals surface area contributed by atoms with E-state index in [9.17, 15) is 14.7 Å². The van der Waals surface area contributed by atoms with Gasteiger partial charge in [-0.25, -0.2) is 0 Å². The minimum Gasteiger partial charge on any atom is -0.508 e. The third-order valence-electron chi connectivity index (χ3n) is 8.27. The first-order chi connectivity index (χ1) is 18.9. The Morgan fingerprint density at radius 2 is 1.92 bits per heavy atom. The number of ether oxygens (including phenoxy) is 1. The van der Waals surface area contributed by atoms with Crippen LogP contribution in [-0.2, 0) is 20.9 Å². The number of halogens is 1. The van der Waals surface area contributed by atoms with Gasteiger partial charge in [-0.05, 0) is 84.2 Å². The highest BCUT2D eigenvalue weighted by Crippen LogP contribution is 2.50. The number of thiophene rings is 1. The molecule has 2 amide bonds. The third-order valence-corrected chi connectivity index (χ3v) is 9.46. The van der Waals surface area contributed by atoms with E-state index >= 15 is 0 Å². The fourth-order valence-corrected chi connectivity index (χ4v) is 7.39. The fourth-order valence-electron chi connectivity index (χ4n) is 6.47. The van der Waals surface area contributed by atoms with Gasteiger partial charge in [0.05, 0.1) is 36.1 Å². The number of rotatable bonds is 7. The van der Waals surface area contributed by atoms with Crippen molar-refractivity contribution in [3.05, 3.63) is 98.2 Å². The lowest BCUT2D eigenvalue weighted by atomic mass is 9.70. The molecule has 1 aliphatic carbocycles. The van der Waals surface area contributed by atoms with Crippen LogP contribution in [0.4, 0.5) is 0 Å². The van der Waals surface area contributed by atoms with Gasteiger partial charge in [0.25, 0.3) is 0 Å². The second-order valence-corrected chi connectivity index (χ2v) is 12.1. The average molecular weight is 560 g/mol. The zero-order valence-electron chi connectivity index (χ0n) is 21.7. The zero-order valence-corrected chi connectivity index (χ0v) is 23.3. The number of hydrogen-bond donors (Lipinski definition) is 1. The number of imide groups is 1. The number of phenolic OH excluding ortho intramolecular Hbond substituents is 1. The van der Waals surface area contributed by atoms with Crippen molar-refractivity contribution < 1.29 is 19.4 Å². The lowest BCUT2D eigenvalue weighted by Crippen LogP contribution is -2.34. The minimum absolute atomic E-state index is 0.0414. The van der Waals surface area contributed by atoms with Crippen molar-refractivity contribution in [2.24, 2.45) is 17.8 Å². The monoisotopic (exact) mass is 559 g/mol. The van der Waals surface area contributed by atoms with E-state index < -0.39 is 0 Å². The SMILES string of the molecule is CC1=C2[C@@H](CC/C(=C/c3ccc(O)cc3Cl)c3ccccc3)OC[C@@H]2[C@@H]2C(=O)N(Cc3cccs3)C(=O)[C@@H]2C1. The number of benzene rings is 2. The molecular formula is C32H30ClNO4S. The van der Waals surface area contributed by atoms with E-state index in [0.29, 0.717) is 24.6 Å². The molecule has 4 atom stereocenters. The molecule has 39 heavy (non-hydrogen) atoms. The quantitative estimate of drug-likeness (QED) is 0.193. The summed E-state index contributed by atoms with van der Waals surface area (Å²) >= 11 is 8.00. The Kier molecular flexibility index (Phi) is 7.19. The van der Waals surface area contributed by atoms with E-state index in [1.54, 1.807) is 23.5 Å². The number of likely N-dealkylation sites (tertiary alicyclic amines) is 1. The molecule has 2 aromatic carbocycles. The van der Waals surface area contributed by atoms with Crippen LogP contribution in [0.2, 0.25) is 5.02 Å². The summed E-state index contributed by atoms with van der Waals surface area (Å²) in [6.45, 7) is 2.93. The maximum atomic E-state index is 13.5. The Morgan fingerprint density at radius 3 is 2.67 bits per heavy atom. The Labute approximate surface area is 237 Å². The number of fused-ring (bicyclic) bond motifs is 3. The largest absolute Gasteiger partial charge is 0.508 e. The van der Waals surface area contributed by atoms with Gasteiger partial charge in [-0.2, -0.15) is 0 Å². The zero-order chi connectivity index (χ0) is 27.1. The lowest BCUT2D eigenvalue weighted by Gasteiger charge is -2.30. The van der Waals surface area contributed by atoms with Crippen LogP contribution in [0.25, 0.3) is 11.6 Å².